The number of fused-ring (bicyclic) bond motifs is 1. The lowest BCUT2D eigenvalue weighted by molar-refractivity contribution is -0.159. The molecule has 0 spiro atoms. The molecule has 0 aromatic heterocycles. The van der Waals surface area contributed by atoms with Gasteiger partial charge in [-0.05, 0) is 25.3 Å². The third-order valence-electron chi connectivity index (χ3n) is 5.13. The van der Waals surface area contributed by atoms with Crippen molar-refractivity contribution in [3.8, 4) is 0 Å². The predicted molar refractivity (Wildman–Crippen MR) is 87.8 cm³/mol. The third kappa shape index (κ3) is 3.47. The van der Waals surface area contributed by atoms with Crippen molar-refractivity contribution < 1.29 is 14.3 Å². The number of hydrogen-bond donors (Lipinski definition) is 0. The number of ether oxygens (including phenoxy) is 1. The molecule has 4 nitrogen and oxygen atoms in total. The summed E-state index contributed by atoms with van der Waals surface area (Å²) in [6.45, 7) is 2.88. The van der Waals surface area contributed by atoms with Crippen molar-refractivity contribution in [1.82, 2.24) is 4.90 Å². The first kappa shape index (κ1) is 16.2. The van der Waals surface area contributed by atoms with Crippen molar-refractivity contribution in [3.05, 3.63) is 35.9 Å². The van der Waals surface area contributed by atoms with Crippen LogP contribution in [0.5, 0.6) is 0 Å². The minimum absolute atomic E-state index is 0.0955. The minimum atomic E-state index is -0.429. The molecule has 0 unspecified atom stereocenters. The first-order chi connectivity index (χ1) is 11.2. The van der Waals surface area contributed by atoms with Crippen molar-refractivity contribution in [1.29, 1.82) is 0 Å². The van der Waals surface area contributed by atoms with E-state index in [1.807, 2.05) is 25.1 Å². The van der Waals surface area contributed by atoms with Crippen molar-refractivity contribution in [2.24, 2.45) is 5.92 Å². The van der Waals surface area contributed by atoms with E-state index in [1.165, 1.54) is 5.56 Å². The second-order valence-corrected chi connectivity index (χ2v) is 6.55. The quantitative estimate of drug-likeness (QED) is 0.802. The van der Waals surface area contributed by atoms with Crippen LogP contribution in [0.1, 0.15) is 44.6 Å². The Labute approximate surface area is 137 Å². The molecule has 124 valence electrons. The molecule has 1 aromatic rings. The van der Waals surface area contributed by atoms with Gasteiger partial charge in [0.2, 0.25) is 0 Å². The maximum atomic E-state index is 12.5. The highest BCUT2D eigenvalue weighted by molar-refractivity contribution is 5.90. The molecule has 3 rings (SSSR count). The summed E-state index contributed by atoms with van der Waals surface area (Å²) in [5, 5.41) is 0. The zero-order valence-electron chi connectivity index (χ0n) is 13.7. The van der Waals surface area contributed by atoms with Gasteiger partial charge in [0.1, 0.15) is 11.8 Å². The van der Waals surface area contributed by atoms with E-state index < -0.39 is 6.04 Å². The molecule has 1 aromatic carbocycles. The zero-order chi connectivity index (χ0) is 16.2. The molecular formula is C19H25NO3. The summed E-state index contributed by atoms with van der Waals surface area (Å²) >= 11 is 0. The number of likely N-dealkylation sites (tertiary alicyclic amines) is 1. The van der Waals surface area contributed by atoms with E-state index in [4.69, 9.17) is 4.74 Å². The molecule has 1 saturated carbocycles. The summed E-state index contributed by atoms with van der Waals surface area (Å²) in [5.41, 5.74) is 1.18. The number of nitrogens with zero attached hydrogens (tertiary/aromatic N) is 1. The SMILES string of the molecule is CCOC(=O)[C@@H]1CC(=O)[C@@H]2CCCC[C@H]2N1Cc1ccccc1. The van der Waals surface area contributed by atoms with Crippen LogP contribution in [0.15, 0.2) is 30.3 Å². The van der Waals surface area contributed by atoms with Crippen LogP contribution in [0.4, 0.5) is 0 Å². The Morgan fingerprint density at radius 1 is 1.22 bits per heavy atom. The molecule has 0 amide bonds. The third-order valence-corrected chi connectivity index (χ3v) is 5.13. The summed E-state index contributed by atoms with van der Waals surface area (Å²) in [5.74, 6) is 0.0935. The molecule has 1 aliphatic carbocycles. The maximum Gasteiger partial charge on any atom is 0.323 e. The van der Waals surface area contributed by atoms with Crippen LogP contribution in [0.3, 0.4) is 0 Å². The summed E-state index contributed by atoms with van der Waals surface area (Å²) in [6.07, 6.45) is 4.52. The van der Waals surface area contributed by atoms with Crippen LogP contribution in [-0.2, 0) is 20.9 Å². The van der Waals surface area contributed by atoms with E-state index >= 15 is 0 Å². The van der Waals surface area contributed by atoms with Crippen LogP contribution in [0.25, 0.3) is 0 Å². The van der Waals surface area contributed by atoms with Gasteiger partial charge in [0.15, 0.2) is 0 Å². The summed E-state index contributed by atoms with van der Waals surface area (Å²) in [6, 6.07) is 9.94. The number of carbonyl (C=O) groups excluding carboxylic acids is 2. The number of carbonyl (C=O) groups is 2. The second-order valence-electron chi connectivity index (χ2n) is 6.55. The van der Waals surface area contributed by atoms with E-state index in [-0.39, 0.29) is 23.7 Å². The fourth-order valence-electron chi connectivity index (χ4n) is 4.05. The molecule has 1 saturated heterocycles. The number of benzene rings is 1. The molecule has 0 bridgehead atoms. The van der Waals surface area contributed by atoms with Gasteiger partial charge in [-0.1, -0.05) is 43.2 Å². The van der Waals surface area contributed by atoms with Crippen molar-refractivity contribution >= 4 is 11.8 Å². The van der Waals surface area contributed by atoms with Gasteiger partial charge in [-0.2, -0.15) is 0 Å². The van der Waals surface area contributed by atoms with Crippen LogP contribution < -0.4 is 0 Å². The fourth-order valence-corrected chi connectivity index (χ4v) is 4.05. The second kappa shape index (κ2) is 7.26. The van der Waals surface area contributed by atoms with Gasteiger partial charge in [-0.15, -0.1) is 0 Å². The molecular weight excluding hydrogens is 290 g/mol. The van der Waals surface area contributed by atoms with E-state index in [0.717, 1.165) is 25.7 Å². The van der Waals surface area contributed by atoms with Gasteiger partial charge in [0.05, 0.1) is 6.61 Å². The van der Waals surface area contributed by atoms with E-state index in [0.29, 0.717) is 19.6 Å². The van der Waals surface area contributed by atoms with E-state index in [1.54, 1.807) is 0 Å². The Morgan fingerprint density at radius 3 is 2.70 bits per heavy atom. The Hall–Kier alpha value is -1.68. The maximum absolute atomic E-state index is 12.5. The van der Waals surface area contributed by atoms with E-state index in [2.05, 4.69) is 17.0 Å². The Bertz CT molecular complexity index is 557. The largest absolute Gasteiger partial charge is 0.465 e. The molecule has 1 aliphatic heterocycles. The molecule has 2 fully saturated rings. The lowest BCUT2D eigenvalue weighted by Crippen LogP contribution is -2.58. The molecule has 4 heteroatoms. The van der Waals surface area contributed by atoms with Crippen LogP contribution in [0.2, 0.25) is 0 Å². The number of piperidine rings is 1. The molecule has 0 radical (unpaired) electrons. The molecule has 2 aliphatic rings. The van der Waals surface area contributed by atoms with Gasteiger partial charge in [-0.3, -0.25) is 14.5 Å². The van der Waals surface area contributed by atoms with Crippen LogP contribution in [-0.4, -0.2) is 35.3 Å². The van der Waals surface area contributed by atoms with Crippen molar-refractivity contribution in [3.63, 3.8) is 0 Å². The lowest BCUT2D eigenvalue weighted by Gasteiger charge is -2.46. The minimum Gasteiger partial charge on any atom is -0.465 e. The molecule has 0 N–H and O–H groups in total. The molecule has 1 heterocycles. The normalized spacial score (nSPS) is 28.2. The monoisotopic (exact) mass is 315 g/mol. The highest BCUT2D eigenvalue weighted by Gasteiger charge is 2.46. The number of rotatable bonds is 4. The Morgan fingerprint density at radius 2 is 1.96 bits per heavy atom. The standard InChI is InChI=1S/C19H25NO3/c1-2-23-19(22)17-12-18(21)15-10-6-7-11-16(15)20(17)13-14-8-4-3-5-9-14/h3-5,8-9,15-17H,2,6-7,10-13H2,1H3/t15-,16-,17+/m1/s1. The highest BCUT2D eigenvalue weighted by Crippen LogP contribution is 2.37. The lowest BCUT2D eigenvalue weighted by atomic mass is 9.75. The average Bonchev–Trinajstić information content (AvgIpc) is 2.58. The van der Waals surface area contributed by atoms with Gasteiger partial charge in [0, 0.05) is 24.9 Å². The van der Waals surface area contributed by atoms with Gasteiger partial charge in [0.25, 0.3) is 0 Å². The van der Waals surface area contributed by atoms with Crippen LogP contribution in [0, 0.1) is 5.92 Å². The van der Waals surface area contributed by atoms with Crippen molar-refractivity contribution in [2.45, 2.75) is 57.7 Å². The number of ketones is 1. The predicted octanol–water partition coefficient (Wildman–Crippen LogP) is 2.95. The average molecular weight is 315 g/mol. The van der Waals surface area contributed by atoms with Crippen LogP contribution >= 0.6 is 0 Å². The fraction of sp³-hybridized carbons (Fsp3) is 0.579. The summed E-state index contributed by atoms with van der Waals surface area (Å²) < 4.78 is 5.24. The Balaban J connectivity index is 1.86. The summed E-state index contributed by atoms with van der Waals surface area (Å²) in [7, 11) is 0. The number of Topliss-reactive ketones (excluding diaryl/α,β-unsaturated/α-hetero) is 1. The summed E-state index contributed by atoms with van der Waals surface area (Å²) in [4.78, 5) is 27.1. The van der Waals surface area contributed by atoms with Gasteiger partial charge >= 0.3 is 5.97 Å². The van der Waals surface area contributed by atoms with Gasteiger partial charge < -0.3 is 4.74 Å². The van der Waals surface area contributed by atoms with Gasteiger partial charge in [-0.25, -0.2) is 0 Å². The smallest absolute Gasteiger partial charge is 0.323 e. The number of hydrogen-bond acceptors (Lipinski definition) is 4. The highest BCUT2D eigenvalue weighted by atomic mass is 16.5. The van der Waals surface area contributed by atoms with Crippen molar-refractivity contribution in [2.75, 3.05) is 6.61 Å². The first-order valence-electron chi connectivity index (χ1n) is 8.69. The first-order valence-corrected chi connectivity index (χ1v) is 8.69. The van der Waals surface area contributed by atoms with E-state index in [9.17, 15) is 9.59 Å². The zero-order valence-corrected chi connectivity index (χ0v) is 13.7. The number of esters is 1. The Kier molecular flexibility index (Phi) is 5.11. The molecule has 3 atom stereocenters. The topological polar surface area (TPSA) is 46.6 Å². The molecule has 23 heavy (non-hydrogen) atoms.